The van der Waals surface area contributed by atoms with Crippen LogP contribution in [0, 0.1) is 0 Å². The molecule has 3 nitrogen and oxygen atoms in total. The van der Waals surface area contributed by atoms with Crippen molar-refractivity contribution in [1.82, 2.24) is 4.90 Å². The Morgan fingerprint density at radius 1 is 1.57 bits per heavy atom. The van der Waals surface area contributed by atoms with Gasteiger partial charge in [0.1, 0.15) is 0 Å². The number of allylic oxidation sites excluding steroid dienone is 2. The number of rotatable bonds is 0. The fourth-order valence-electron chi connectivity index (χ4n) is 0.979. The second-order valence-electron chi connectivity index (χ2n) is 2.63. The third-order valence-electron chi connectivity index (χ3n) is 1.68. The van der Waals surface area contributed by atoms with Crippen molar-refractivity contribution in [3.8, 4) is 0 Å². The molecule has 0 aromatic rings. The van der Waals surface area contributed by atoms with Crippen LogP contribution in [0.4, 0.5) is 18.0 Å². The molecular weight excluding hydrogens is 199 g/mol. The number of alkyl halides is 3. The van der Waals surface area contributed by atoms with E-state index in [1.165, 1.54) is 6.20 Å². The van der Waals surface area contributed by atoms with Gasteiger partial charge in [-0.15, -0.1) is 0 Å². The van der Waals surface area contributed by atoms with E-state index in [0.29, 0.717) is 0 Å². The Kier molecular flexibility index (Phi) is 2.83. The van der Waals surface area contributed by atoms with Crippen molar-refractivity contribution < 1.29 is 22.7 Å². The van der Waals surface area contributed by atoms with Crippen LogP contribution >= 0.6 is 0 Å². The summed E-state index contributed by atoms with van der Waals surface area (Å²) < 4.78 is 40.9. The Hall–Kier alpha value is -1.46. The minimum atomic E-state index is -4.41. The van der Waals surface area contributed by atoms with Crippen LogP contribution < -0.4 is 0 Å². The number of carbonyl (C=O) groups is 1. The molecule has 14 heavy (non-hydrogen) atoms. The summed E-state index contributed by atoms with van der Waals surface area (Å²) in [7, 11) is 1.11. The molecule has 1 rings (SSSR count). The van der Waals surface area contributed by atoms with E-state index in [4.69, 9.17) is 0 Å². The van der Waals surface area contributed by atoms with Crippen LogP contribution in [-0.2, 0) is 4.74 Å². The van der Waals surface area contributed by atoms with Gasteiger partial charge in [-0.3, -0.25) is 4.90 Å². The van der Waals surface area contributed by atoms with E-state index in [1.807, 2.05) is 0 Å². The van der Waals surface area contributed by atoms with Crippen LogP contribution in [0.5, 0.6) is 0 Å². The van der Waals surface area contributed by atoms with Crippen molar-refractivity contribution in [3.05, 3.63) is 23.9 Å². The predicted octanol–water partition coefficient (Wildman–Crippen LogP) is 2.07. The van der Waals surface area contributed by atoms with Gasteiger partial charge in [0.05, 0.1) is 19.2 Å². The van der Waals surface area contributed by atoms with Gasteiger partial charge in [-0.2, -0.15) is 13.2 Å². The molecule has 0 N–H and O–H groups in total. The number of halogens is 3. The number of carbonyl (C=O) groups excluding carboxylic acids is 1. The Bertz CT molecular complexity index is 293. The third kappa shape index (κ3) is 2.27. The summed E-state index contributed by atoms with van der Waals surface area (Å²) in [6.07, 6.45) is -1.89. The van der Waals surface area contributed by atoms with Crippen molar-refractivity contribution in [2.24, 2.45) is 0 Å². The van der Waals surface area contributed by atoms with Crippen LogP contribution in [0.3, 0.4) is 0 Å². The summed E-state index contributed by atoms with van der Waals surface area (Å²) in [5.41, 5.74) is -0.773. The zero-order chi connectivity index (χ0) is 10.8. The summed E-state index contributed by atoms with van der Waals surface area (Å²) in [6, 6.07) is 0. The van der Waals surface area contributed by atoms with E-state index in [9.17, 15) is 18.0 Å². The molecule has 0 saturated heterocycles. The summed E-state index contributed by atoms with van der Waals surface area (Å²) in [5.74, 6) is 0. The number of ether oxygens (including phenoxy) is 1. The summed E-state index contributed by atoms with van der Waals surface area (Å²) >= 11 is 0. The molecule has 0 fully saturated rings. The molecular formula is C8H8F3NO2. The highest BCUT2D eigenvalue weighted by Crippen LogP contribution is 2.28. The van der Waals surface area contributed by atoms with Gasteiger partial charge in [0.25, 0.3) is 0 Å². The molecule has 1 amide bonds. The lowest BCUT2D eigenvalue weighted by Gasteiger charge is -2.22. The standard InChI is InChI=1S/C8H8F3NO2/c1-14-7(13)12-4-2-3-6(5-12)8(9,10)11/h2-4H,5H2,1H3. The predicted molar refractivity (Wildman–Crippen MR) is 42.4 cm³/mol. The molecule has 0 aromatic carbocycles. The van der Waals surface area contributed by atoms with Crippen LogP contribution in [0.15, 0.2) is 23.9 Å². The first kappa shape index (κ1) is 10.6. The van der Waals surface area contributed by atoms with Gasteiger partial charge in [0.2, 0.25) is 0 Å². The average molecular weight is 207 g/mol. The maximum absolute atomic E-state index is 12.2. The highest BCUT2D eigenvalue weighted by Gasteiger charge is 2.35. The molecule has 6 heteroatoms. The highest BCUT2D eigenvalue weighted by atomic mass is 19.4. The molecule has 78 valence electrons. The van der Waals surface area contributed by atoms with E-state index in [-0.39, 0.29) is 0 Å². The normalized spacial score (nSPS) is 16.6. The van der Waals surface area contributed by atoms with Crippen molar-refractivity contribution in [3.63, 3.8) is 0 Å². The minimum Gasteiger partial charge on any atom is -0.452 e. The number of amides is 1. The molecule has 1 aliphatic heterocycles. The van der Waals surface area contributed by atoms with E-state index >= 15 is 0 Å². The third-order valence-corrected chi connectivity index (χ3v) is 1.68. The quantitative estimate of drug-likeness (QED) is 0.608. The zero-order valence-electron chi connectivity index (χ0n) is 7.34. The molecule has 0 aromatic heterocycles. The monoisotopic (exact) mass is 207 g/mol. The largest absolute Gasteiger partial charge is 0.452 e. The van der Waals surface area contributed by atoms with Gasteiger partial charge < -0.3 is 4.74 Å². The van der Waals surface area contributed by atoms with Crippen molar-refractivity contribution in [2.45, 2.75) is 6.18 Å². The first-order chi connectivity index (χ1) is 6.45. The second kappa shape index (κ2) is 3.73. The first-order valence-corrected chi connectivity index (χ1v) is 3.74. The van der Waals surface area contributed by atoms with Gasteiger partial charge in [-0.05, 0) is 6.08 Å². The molecule has 0 unspecified atom stereocenters. The fourth-order valence-corrected chi connectivity index (χ4v) is 0.979. The molecule has 0 saturated carbocycles. The maximum atomic E-state index is 12.2. The minimum absolute atomic E-state index is 0.507. The number of hydrogen-bond donors (Lipinski definition) is 0. The van der Waals surface area contributed by atoms with Gasteiger partial charge in [0, 0.05) is 6.20 Å². The van der Waals surface area contributed by atoms with Gasteiger partial charge in [0.15, 0.2) is 0 Å². The molecule has 1 heterocycles. The zero-order valence-corrected chi connectivity index (χ0v) is 7.34. The fraction of sp³-hybridized carbons (Fsp3) is 0.375. The van der Waals surface area contributed by atoms with Crippen molar-refractivity contribution in [2.75, 3.05) is 13.7 Å². The molecule has 1 aliphatic rings. The molecule has 0 radical (unpaired) electrons. The highest BCUT2D eigenvalue weighted by molar-refractivity contribution is 5.69. The van der Waals surface area contributed by atoms with Crippen molar-refractivity contribution >= 4 is 6.09 Å². The average Bonchev–Trinajstić information content (AvgIpc) is 2.15. The molecule has 0 atom stereocenters. The van der Waals surface area contributed by atoms with Gasteiger partial charge in [-0.25, -0.2) is 4.79 Å². The van der Waals surface area contributed by atoms with Crippen LogP contribution in [0.1, 0.15) is 0 Å². The lowest BCUT2D eigenvalue weighted by molar-refractivity contribution is -0.0947. The Labute approximate surface area is 78.4 Å². The summed E-state index contributed by atoms with van der Waals surface area (Å²) in [5, 5.41) is 0. The molecule has 0 spiro atoms. The number of hydrogen-bond acceptors (Lipinski definition) is 2. The van der Waals surface area contributed by atoms with E-state index in [1.54, 1.807) is 0 Å². The second-order valence-corrected chi connectivity index (χ2v) is 2.63. The Morgan fingerprint density at radius 3 is 2.71 bits per heavy atom. The Balaban J connectivity index is 2.74. The maximum Gasteiger partial charge on any atom is 0.414 e. The molecule has 0 bridgehead atoms. The number of nitrogens with zero attached hydrogens (tertiary/aromatic N) is 1. The van der Waals surface area contributed by atoms with E-state index < -0.39 is 24.4 Å². The summed E-state index contributed by atoms with van der Waals surface area (Å²) in [6.45, 7) is -0.507. The Morgan fingerprint density at radius 2 is 2.21 bits per heavy atom. The summed E-state index contributed by atoms with van der Waals surface area (Å²) in [4.78, 5) is 11.7. The van der Waals surface area contributed by atoms with Crippen LogP contribution in [0.2, 0.25) is 0 Å². The van der Waals surface area contributed by atoms with Gasteiger partial charge >= 0.3 is 12.3 Å². The molecule has 0 aliphatic carbocycles. The SMILES string of the molecule is COC(=O)N1C=CC=C(C(F)(F)F)C1. The van der Waals surface area contributed by atoms with E-state index in [2.05, 4.69) is 4.74 Å². The van der Waals surface area contributed by atoms with Gasteiger partial charge in [-0.1, -0.05) is 6.08 Å². The lowest BCUT2D eigenvalue weighted by atomic mass is 10.2. The van der Waals surface area contributed by atoms with Crippen LogP contribution in [0.25, 0.3) is 0 Å². The smallest absolute Gasteiger partial charge is 0.414 e. The number of methoxy groups -OCH3 is 1. The topological polar surface area (TPSA) is 29.5 Å². The van der Waals surface area contributed by atoms with Crippen molar-refractivity contribution in [1.29, 1.82) is 0 Å². The lowest BCUT2D eigenvalue weighted by Crippen LogP contribution is -2.33. The van der Waals surface area contributed by atoms with E-state index in [0.717, 1.165) is 24.2 Å². The van der Waals surface area contributed by atoms with Crippen LogP contribution in [-0.4, -0.2) is 30.8 Å². The first-order valence-electron chi connectivity index (χ1n) is 3.74.